The summed E-state index contributed by atoms with van der Waals surface area (Å²) >= 11 is 1.49. The van der Waals surface area contributed by atoms with Crippen LogP contribution < -0.4 is 5.32 Å². The minimum absolute atomic E-state index is 0.105. The molecule has 1 aromatic carbocycles. The van der Waals surface area contributed by atoms with Gasteiger partial charge in [0.25, 0.3) is 5.91 Å². The second-order valence-corrected chi connectivity index (χ2v) is 6.53. The van der Waals surface area contributed by atoms with Gasteiger partial charge in [0.2, 0.25) is 0 Å². The van der Waals surface area contributed by atoms with Gasteiger partial charge in [0.1, 0.15) is 0 Å². The quantitative estimate of drug-likeness (QED) is 0.892. The van der Waals surface area contributed by atoms with E-state index in [2.05, 4.69) is 5.32 Å². The van der Waals surface area contributed by atoms with Crippen molar-refractivity contribution in [2.45, 2.75) is 32.4 Å². The van der Waals surface area contributed by atoms with Crippen molar-refractivity contribution in [2.24, 2.45) is 0 Å². The SMILES string of the molecule is Cc1cc(C(=O)N[C@@H]2c3ccccc3C[C@@H]2O)sc1C. The van der Waals surface area contributed by atoms with Crippen LogP contribution in [0.2, 0.25) is 0 Å². The van der Waals surface area contributed by atoms with Crippen molar-refractivity contribution in [1.29, 1.82) is 0 Å². The number of rotatable bonds is 2. The third-order valence-corrected chi connectivity index (χ3v) is 5.03. The molecule has 1 aliphatic carbocycles. The molecule has 0 unspecified atom stereocenters. The van der Waals surface area contributed by atoms with Crippen LogP contribution in [0.3, 0.4) is 0 Å². The summed E-state index contributed by atoms with van der Waals surface area (Å²) in [6, 6.07) is 9.48. The van der Waals surface area contributed by atoms with Crippen LogP contribution >= 0.6 is 11.3 Å². The summed E-state index contributed by atoms with van der Waals surface area (Å²) < 4.78 is 0. The molecule has 2 atom stereocenters. The van der Waals surface area contributed by atoms with Crippen molar-refractivity contribution in [1.82, 2.24) is 5.32 Å². The highest BCUT2D eigenvalue weighted by atomic mass is 32.1. The van der Waals surface area contributed by atoms with Crippen LogP contribution in [0, 0.1) is 13.8 Å². The fraction of sp³-hybridized carbons (Fsp3) is 0.312. The van der Waals surface area contributed by atoms with E-state index in [9.17, 15) is 9.90 Å². The van der Waals surface area contributed by atoms with Gasteiger partial charge in [0, 0.05) is 11.3 Å². The first-order chi connectivity index (χ1) is 9.56. The van der Waals surface area contributed by atoms with Gasteiger partial charge in [0.05, 0.1) is 17.0 Å². The number of benzene rings is 1. The number of carbonyl (C=O) groups excluding carboxylic acids is 1. The largest absolute Gasteiger partial charge is 0.390 e. The number of aliphatic hydroxyl groups is 1. The molecule has 104 valence electrons. The summed E-state index contributed by atoms with van der Waals surface area (Å²) in [5.74, 6) is -0.105. The van der Waals surface area contributed by atoms with Crippen molar-refractivity contribution in [3.05, 3.63) is 56.8 Å². The fourth-order valence-electron chi connectivity index (χ4n) is 2.65. The molecule has 20 heavy (non-hydrogen) atoms. The molecule has 3 rings (SSSR count). The van der Waals surface area contributed by atoms with Crippen LogP contribution in [0.15, 0.2) is 30.3 Å². The normalized spacial score (nSPS) is 20.8. The number of nitrogens with one attached hydrogen (secondary N) is 1. The topological polar surface area (TPSA) is 49.3 Å². The molecule has 0 fully saturated rings. The molecular weight excluding hydrogens is 270 g/mol. The zero-order chi connectivity index (χ0) is 14.3. The number of thiophene rings is 1. The molecule has 0 radical (unpaired) electrons. The zero-order valence-electron chi connectivity index (χ0n) is 11.5. The number of aryl methyl sites for hydroxylation is 2. The van der Waals surface area contributed by atoms with E-state index in [0.717, 1.165) is 21.6 Å². The highest BCUT2D eigenvalue weighted by molar-refractivity contribution is 7.14. The summed E-state index contributed by atoms with van der Waals surface area (Å²) in [5.41, 5.74) is 3.27. The van der Waals surface area contributed by atoms with Gasteiger partial charge in [0.15, 0.2) is 0 Å². The highest BCUT2D eigenvalue weighted by Gasteiger charge is 2.32. The van der Waals surface area contributed by atoms with E-state index in [-0.39, 0.29) is 11.9 Å². The number of carbonyl (C=O) groups is 1. The molecule has 1 aliphatic rings. The van der Waals surface area contributed by atoms with E-state index in [1.54, 1.807) is 0 Å². The molecule has 1 amide bonds. The number of aliphatic hydroxyl groups excluding tert-OH is 1. The maximum absolute atomic E-state index is 12.3. The standard InChI is InChI=1S/C16H17NO2S/c1-9-7-14(20-10(9)2)16(19)17-15-12-6-4-3-5-11(12)8-13(15)18/h3-7,13,15,18H,8H2,1-2H3,(H,17,19)/t13-,15+/m0/s1. The number of hydrogen-bond acceptors (Lipinski definition) is 3. The third-order valence-electron chi connectivity index (χ3n) is 3.88. The van der Waals surface area contributed by atoms with Gasteiger partial charge >= 0.3 is 0 Å². The lowest BCUT2D eigenvalue weighted by Crippen LogP contribution is -2.33. The summed E-state index contributed by atoms with van der Waals surface area (Å²) in [4.78, 5) is 14.2. The van der Waals surface area contributed by atoms with E-state index in [1.165, 1.54) is 11.3 Å². The summed E-state index contributed by atoms with van der Waals surface area (Å²) in [6.45, 7) is 4.01. The van der Waals surface area contributed by atoms with Crippen molar-refractivity contribution in [3.63, 3.8) is 0 Å². The predicted molar refractivity (Wildman–Crippen MR) is 80.2 cm³/mol. The Morgan fingerprint density at radius 3 is 2.80 bits per heavy atom. The minimum atomic E-state index is -0.543. The summed E-state index contributed by atoms with van der Waals surface area (Å²) in [5, 5.41) is 13.1. The van der Waals surface area contributed by atoms with Gasteiger partial charge in [-0.3, -0.25) is 4.79 Å². The van der Waals surface area contributed by atoms with Crippen LogP contribution in [0.1, 0.15) is 37.3 Å². The van der Waals surface area contributed by atoms with E-state index in [1.807, 2.05) is 44.2 Å². The first-order valence-corrected chi connectivity index (χ1v) is 7.51. The Morgan fingerprint density at radius 2 is 2.10 bits per heavy atom. The molecular formula is C16H17NO2S. The van der Waals surface area contributed by atoms with E-state index in [4.69, 9.17) is 0 Å². The smallest absolute Gasteiger partial charge is 0.261 e. The maximum Gasteiger partial charge on any atom is 0.261 e. The molecule has 1 aromatic heterocycles. The van der Waals surface area contributed by atoms with Crippen molar-refractivity contribution >= 4 is 17.2 Å². The second-order valence-electron chi connectivity index (χ2n) is 5.27. The Balaban J connectivity index is 1.83. The Hall–Kier alpha value is -1.65. The van der Waals surface area contributed by atoms with E-state index in [0.29, 0.717) is 11.3 Å². The lowest BCUT2D eigenvalue weighted by molar-refractivity contribution is 0.0862. The van der Waals surface area contributed by atoms with Crippen molar-refractivity contribution in [3.8, 4) is 0 Å². The first-order valence-electron chi connectivity index (χ1n) is 6.70. The Bertz CT molecular complexity index is 643. The van der Waals surface area contributed by atoms with Crippen LogP contribution in [0.4, 0.5) is 0 Å². The minimum Gasteiger partial charge on any atom is -0.390 e. The van der Waals surface area contributed by atoms with Gasteiger partial charge < -0.3 is 10.4 Å². The monoisotopic (exact) mass is 287 g/mol. The molecule has 2 N–H and O–H groups in total. The second kappa shape index (κ2) is 5.04. The molecule has 0 saturated carbocycles. The van der Waals surface area contributed by atoms with Crippen molar-refractivity contribution in [2.75, 3.05) is 0 Å². The summed E-state index contributed by atoms with van der Waals surface area (Å²) in [6.07, 6.45) is 0.0578. The molecule has 1 heterocycles. The number of fused-ring (bicyclic) bond motifs is 1. The highest BCUT2D eigenvalue weighted by Crippen LogP contribution is 2.32. The predicted octanol–water partition coefficient (Wildman–Crippen LogP) is 2.75. The van der Waals surface area contributed by atoms with Gasteiger partial charge in [-0.1, -0.05) is 24.3 Å². The zero-order valence-corrected chi connectivity index (χ0v) is 12.3. The van der Waals surface area contributed by atoms with Crippen LogP contribution in [-0.2, 0) is 6.42 Å². The van der Waals surface area contributed by atoms with Gasteiger partial charge in [-0.2, -0.15) is 0 Å². The molecule has 0 aliphatic heterocycles. The number of amides is 1. The van der Waals surface area contributed by atoms with Crippen LogP contribution in [-0.4, -0.2) is 17.1 Å². The first kappa shape index (κ1) is 13.3. The lowest BCUT2D eigenvalue weighted by atomic mass is 10.1. The average Bonchev–Trinajstić information content (AvgIpc) is 2.91. The lowest BCUT2D eigenvalue weighted by Gasteiger charge is -2.17. The van der Waals surface area contributed by atoms with E-state index >= 15 is 0 Å². The third kappa shape index (κ3) is 2.25. The van der Waals surface area contributed by atoms with Crippen LogP contribution in [0.5, 0.6) is 0 Å². The van der Waals surface area contributed by atoms with Crippen molar-refractivity contribution < 1.29 is 9.90 Å². The van der Waals surface area contributed by atoms with Gasteiger partial charge in [-0.15, -0.1) is 11.3 Å². The van der Waals surface area contributed by atoms with Gasteiger partial charge in [-0.25, -0.2) is 0 Å². The summed E-state index contributed by atoms with van der Waals surface area (Å²) in [7, 11) is 0. The molecule has 4 heteroatoms. The molecule has 0 bridgehead atoms. The number of hydrogen-bond donors (Lipinski definition) is 2. The molecule has 3 nitrogen and oxygen atoms in total. The van der Waals surface area contributed by atoms with E-state index < -0.39 is 6.10 Å². The molecule has 2 aromatic rings. The van der Waals surface area contributed by atoms with Crippen LogP contribution in [0.25, 0.3) is 0 Å². The molecule has 0 saturated heterocycles. The maximum atomic E-state index is 12.3. The Labute approximate surface area is 122 Å². The van der Waals surface area contributed by atoms with Gasteiger partial charge in [-0.05, 0) is 36.6 Å². The molecule has 0 spiro atoms. The Kier molecular flexibility index (Phi) is 3.36. The fourth-order valence-corrected chi connectivity index (χ4v) is 3.58. The average molecular weight is 287 g/mol. The Morgan fingerprint density at radius 1 is 1.35 bits per heavy atom.